The Morgan fingerprint density at radius 3 is 1.50 bits per heavy atom. The first-order chi connectivity index (χ1) is 10.5. The molecule has 0 saturated heterocycles. The zero-order chi connectivity index (χ0) is 15.7. The summed E-state index contributed by atoms with van der Waals surface area (Å²) >= 11 is 6.55. The van der Waals surface area contributed by atoms with Crippen LogP contribution in [-0.4, -0.2) is 9.97 Å². The summed E-state index contributed by atoms with van der Waals surface area (Å²) in [6.07, 6.45) is 3.13. The molecule has 3 rings (SSSR count). The van der Waals surface area contributed by atoms with Crippen LogP contribution in [0.5, 0.6) is 0 Å². The molecule has 2 heterocycles. The molecule has 0 aliphatic heterocycles. The van der Waals surface area contributed by atoms with Gasteiger partial charge in [-0.3, -0.25) is 9.97 Å². The van der Waals surface area contributed by atoms with E-state index < -0.39 is 11.6 Å². The van der Waals surface area contributed by atoms with Crippen LogP contribution in [-0.2, 0) is 0 Å². The number of nitrogens with zero attached hydrogens (tertiary/aromatic N) is 2. The number of pyridine rings is 2. The van der Waals surface area contributed by atoms with Crippen molar-refractivity contribution in [1.82, 2.24) is 9.97 Å². The van der Waals surface area contributed by atoms with Gasteiger partial charge in [-0.25, -0.2) is 8.78 Å². The number of benzene rings is 1. The van der Waals surface area contributed by atoms with E-state index in [0.29, 0.717) is 11.4 Å². The Morgan fingerprint density at radius 1 is 0.682 bits per heavy atom. The smallest absolute Gasteiger partial charge is 0.135 e. The largest absolute Gasteiger partial charge is 0.255 e. The van der Waals surface area contributed by atoms with Gasteiger partial charge in [-0.15, -0.1) is 0 Å². The second-order valence-electron chi connectivity index (χ2n) is 4.54. The molecule has 0 saturated carbocycles. The fourth-order valence-electron chi connectivity index (χ4n) is 2.01. The maximum Gasteiger partial charge on any atom is 0.135 e. The first-order valence-electron chi connectivity index (χ1n) is 6.27. The summed E-state index contributed by atoms with van der Waals surface area (Å²) in [7, 11) is 0. The Kier molecular flexibility index (Phi) is 4.31. The lowest BCUT2D eigenvalue weighted by molar-refractivity contribution is 0.587. The molecule has 2 aromatic heterocycles. The van der Waals surface area contributed by atoms with Crippen molar-refractivity contribution in [3.8, 4) is 22.5 Å². The highest BCUT2D eigenvalue weighted by molar-refractivity contribution is 9.10. The Morgan fingerprint density at radius 2 is 1.14 bits per heavy atom. The summed E-state index contributed by atoms with van der Waals surface area (Å²) in [6.45, 7) is 0. The molecule has 0 unspecified atom stereocenters. The van der Waals surface area contributed by atoms with Crippen LogP contribution in [0.15, 0.2) is 57.7 Å². The summed E-state index contributed by atoms with van der Waals surface area (Å²) in [6, 6.07) is 9.12. The highest BCUT2D eigenvalue weighted by Gasteiger charge is 2.14. The van der Waals surface area contributed by atoms with Gasteiger partial charge < -0.3 is 0 Å². The van der Waals surface area contributed by atoms with Crippen LogP contribution in [0.2, 0.25) is 0 Å². The topological polar surface area (TPSA) is 25.8 Å². The van der Waals surface area contributed by atoms with Gasteiger partial charge >= 0.3 is 0 Å². The van der Waals surface area contributed by atoms with E-state index in [1.165, 1.54) is 6.07 Å². The summed E-state index contributed by atoms with van der Waals surface area (Å²) in [5.74, 6) is -1.32. The SMILES string of the molecule is Fc1cc(F)c(-c2ccc(Br)cn2)cc1-c1ccc(Br)cn1. The van der Waals surface area contributed by atoms with Crippen molar-refractivity contribution >= 4 is 31.9 Å². The van der Waals surface area contributed by atoms with E-state index >= 15 is 0 Å². The maximum atomic E-state index is 14.1. The van der Waals surface area contributed by atoms with E-state index in [9.17, 15) is 8.78 Å². The number of aromatic nitrogens is 2. The van der Waals surface area contributed by atoms with Crippen molar-refractivity contribution in [2.24, 2.45) is 0 Å². The van der Waals surface area contributed by atoms with E-state index in [-0.39, 0.29) is 11.1 Å². The summed E-state index contributed by atoms with van der Waals surface area (Å²) in [4.78, 5) is 8.30. The van der Waals surface area contributed by atoms with Gasteiger partial charge in [-0.2, -0.15) is 0 Å². The van der Waals surface area contributed by atoms with Crippen molar-refractivity contribution in [3.05, 3.63) is 69.4 Å². The van der Waals surface area contributed by atoms with E-state index in [4.69, 9.17) is 0 Å². The Hall–Kier alpha value is -1.66. The third-order valence-corrected chi connectivity index (χ3v) is 4.00. The molecule has 1 aromatic carbocycles. The lowest BCUT2D eigenvalue weighted by Gasteiger charge is -2.08. The molecule has 0 radical (unpaired) electrons. The zero-order valence-electron chi connectivity index (χ0n) is 11.0. The van der Waals surface area contributed by atoms with E-state index in [1.807, 2.05) is 0 Å². The molecule has 0 aliphatic carbocycles. The molecule has 0 fully saturated rings. The van der Waals surface area contributed by atoms with Crippen molar-refractivity contribution in [1.29, 1.82) is 0 Å². The molecule has 0 amide bonds. The Labute approximate surface area is 142 Å². The lowest BCUT2D eigenvalue weighted by Crippen LogP contribution is -1.94. The molecule has 0 bridgehead atoms. The summed E-state index contributed by atoms with van der Waals surface area (Å²) in [5, 5.41) is 0. The molecular weight excluding hydrogens is 418 g/mol. The van der Waals surface area contributed by atoms with Gasteiger partial charge in [0, 0.05) is 38.5 Å². The van der Waals surface area contributed by atoms with Gasteiger partial charge in [-0.1, -0.05) is 0 Å². The van der Waals surface area contributed by atoms with Gasteiger partial charge in [0.25, 0.3) is 0 Å². The fraction of sp³-hybridized carbons (Fsp3) is 0. The second kappa shape index (κ2) is 6.22. The average molecular weight is 426 g/mol. The average Bonchev–Trinajstić information content (AvgIpc) is 2.50. The molecular formula is C16H8Br2F2N2. The van der Waals surface area contributed by atoms with E-state index in [2.05, 4.69) is 41.8 Å². The molecule has 2 nitrogen and oxygen atoms in total. The van der Waals surface area contributed by atoms with Crippen molar-refractivity contribution in [2.45, 2.75) is 0 Å². The molecule has 3 aromatic rings. The van der Waals surface area contributed by atoms with Crippen LogP contribution in [0.4, 0.5) is 8.78 Å². The zero-order valence-corrected chi connectivity index (χ0v) is 14.2. The Bertz CT molecular complexity index is 752. The molecule has 0 spiro atoms. The minimum Gasteiger partial charge on any atom is -0.255 e. The fourth-order valence-corrected chi connectivity index (χ4v) is 2.48. The predicted molar refractivity (Wildman–Crippen MR) is 88.2 cm³/mol. The van der Waals surface area contributed by atoms with Crippen LogP contribution in [0.25, 0.3) is 22.5 Å². The third kappa shape index (κ3) is 3.08. The van der Waals surface area contributed by atoms with Crippen LogP contribution >= 0.6 is 31.9 Å². The molecule has 0 aliphatic rings. The molecule has 110 valence electrons. The van der Waals surface area contributed by atoms with Gasteiger partial charge in [0.1, 0.15) is 11.6 Å². The number of rotatable bonds is 2. The number of hydrogen-bond donors (Lipinski definition) is 0. The molecule has 0 N–H and O–H groups in total. The first-order valence-corrected chi connectivity index (χ1v) is 7.86. The van der Waals surface area contributed by atoms with Crippen LogP contribution < -0.4 is 0 Å². The third-order valence-electron chi connectivity index (χ3n) is 3.06. The minimum absolute atomic E-state index is 0.230. The van der Waals surface area contributed by atoms with Crippen LogP contribution in [0, 0.1) is 11.6 Å². The van der Waals surface area contributed by atoms with Crippen LogP contribution in [0.3, 0.4) is 0 Å². The van der Waals surface area contributed by atoms with E-state index in [0.717, 1.165) is 15.0 Å². The standard InChI is InChI=1S/C16H8Br2F2N2/c17-9-1-3-15(21-7-9)11-5-12(14(20)6-13(11)19)16-4-2-10(18)8-22-16/h1-8H. The van der Waals surface area contributed by atoms with Crippen molar-refractivity contribution < 1.29 is 8.78 Å². The minimum atomic E-state index is -0.659. The molecule has 6 heteroatoms. The van der Waals surface area contributed by atoms with Crippen LogP contribution in [0.1, 0.15) is 0 Å². The van der Waals surface area contributed by atoms with E-state index in [1.54, 1.807) is 36.7 Å². The van der Waals surface area contributed by atoms with Gasteiger partial charge in [0.05, 0.1) is 11.4 Å². The van der Waals surface area contributed by atoms with Gasteiger partial charge in [0.15, 0.2) is 0 Å². The number of halogens is 4. The number of hydrogen-bond acceptors (Lipinski definition) is 2. The maximum absolute atomic E-state index is 14.1. The molecule has 0 atom stereocenters. The highest BCUT2D eigenvalue weighted by atomic mass is 79.9. The highest BCUT2D eigenvalue weighted by Crippen LogP contribution is 2.30. The van der Waals surface area contributed by atoms with Gasteiger partial charge in [-0.05, 0) is 62.2 Å². The van der Waals surface area contributed by atoms with Crippen molar-refractivity contribution in [2.75, 3.05) is 0 Å². The second-order valence-corrected chi connectivity index (χ2v) is 6.37. The molecule has 22 heavy (non-hydrogen) atoms. The normalized spacial score (nSPS) is 10.7. The predicted octanol–water partition coefficient (Wildman–Crippen LogP) is 5.61. The quantitative estimate of drug-likeness (QED) is 0.533. The summed E-state index contributed by atoms with van der Waals surface area (Å²) in [5.41, 5.74) is 1.32. The lowest BCUT2D eigenvalue weighted by atomic mass is 10.0. The van der Waals surface area contributed by atoms with Gasteiger partial charge in [0.2, 0.25) is 0 Å². The monoisotopic (exact) mass is 424 g/mol. The first kappa shape index (κ1) is 15.2. The van der Waals surface area contributed by atoms with Crippen molar-refractivity contribution in [3.63, 3.8) is 0 Å². The summed E-state index contributed by atoms with van der Waals surface area (Å²) < 4.78 is 29.7. The Balaban J connectivity index is 2.14.